The van der Waals surface area contributed by atoms with Crippen molar-refractivity contribution >= 4 is 0 Å². The van der Waals surface area contributed by atoms with E-state index in [0.29, 0.717) is 5.56 Å². The molecule has 4 heteroatoms. The van der Waals surface area contributed by atoms with Crippen LogP contribution in [-0.4, -0.2) is 12.1 Å². The summed E-state index contributed by atoms with van der Waals surface area (Å²) in [5, 5.41) is 0. The van der Waals surface area contributed by atoms with Crippen molar-refractivity contribution in [3.8, 4) is 5.75 Å². The van der Waals surface area contributed by atoms with Gasteiger partial charge in [-0.25, -0.2) is 4.39 Å². The summed E-state index contributed by atoms with van der Waals surface area (Å²) in [6, 6.07) is 6.65. The second kappa shape index (κ2) is 5.14. The Balaban J connectivity index is 2.37. The van der Waals surface area contributed by atoms with E-state index in [4.69, 9.17) is 10.5 Å². The van der Waals surface area contributed by atoms with Crippen LogP contribution in [0.15, 0.2) is 36.7 Å². The van der Waals surface area contributed by atoms with Gasteiger partial charge in [-0.2, -0.15) is 0 Å². The number of hydrogen-bond donors (Lipinski definition) is 1. The topological polar surface area (TPSA) is 48.1 Å². The van der Waals surface area contributed by atoms with Gasteiger partial charge in [-0.05, 0) is 41.8 Å². The molecule has 0 radical (unpaired) electrons. The quantitative estimate of drug-likeness (QED) is 0.905. The summed E-state index contributed by atoms with van der Waals surface area (Å²) >= 11 is 0. The van der Waals surface area contributed by atoms with E-state index in [1.54, 1.807) is 13.3 Å². The van der Waals surface area contributed by atoms with Gasteiger partial charge in [0.05, 0.1) is 19.3 Å². The number of nitrogens with zero attached hydrogens (tertiary/aromatic N) is 1. The minimum Gasteiger partial charge on any atom is -0.497 e. The number of benzene rings is 1. The molecule has 94 valence electrons. The Bertz CT molecular complexity index is 557. The number of nitrogens with two attached hydrogens (primary N) is 1. The second-order valence-electron chi connectivity index (χ2n) is 4.14. The molecule has 0 spiro atoms. The number of pyridine rings is 1. The molecule has 0 aliphatic heterocycles. The molecular formula is C14H15FN2O. The molecule has 2 rings (SSSR count). The van der Waals surface area contributed by atoms with Gasteiger partial charge >= 0.3 is 0 Å². The average molecular weight is 246 g/mol. The lowest BCUT2D eigenvalue weighted by molar-refractivity contribution is 0.414. The van der Waals surface area contributed by atoms with E-state index in [2.05, 4.69) is 4.98 Å². The fourth-order valence-electron chi connectivity index (χ4n) is 1.90. The van der Waals surface area contributed by atoms with Gasteiger partial charge in [0.2, 0.25) is 0 Å². The molecule has 1 aromatic carbocycles. The summed E-state index contributed by atoms with van der Waals surface area (Å²) in [5.41, 5.74) is 8.73. The van der Waals surface area contributed by atoms with Crippen molar-refractivity contribution in [1.82, 2.24) is 4.98 Å². The molecule has 2 N–H and O–H groups in total. The fraction of sp³-hybridized carbons (Fsp3) is 0.214. The SMILES string of the molecule is COc1ccc(C(N)c2cncc(F)c2)c(C)c1. The summed E-state index contributed by atoms with van der Waals surface area (Å²) in [6.07, 6.45) is 2.74. The fourth-order valence-corrected chi connectivity index (χ4v) is 1.90. The molecule has 1 aromatic heterocycles. The lowest BCUT2D eigenvalue weighted by Crippen LogP contribution is -2.13. The molecule has 3 nitrogen and oxygen atoms in total. The van der Waals surface area contributed by atoms with E-state index in [1.165, 1.54) is 6.07 Å². The number of aryl methyl sites for hydroxylation is 1. The lowest BCUT2D eigenvalue weighted by Gasteiger charge is -2.15. The van der Waals surface area contributed by atoms with Crippen LogP contribution in [0.1, 0.15) is 22.7 Å². The zero-order chi connectivity index (χ0) is 13.1. The molecule has 0 saturated heterocycles. The van der Waals surface area contributed by atoms with Gasteiger partial charge in [-0.3, -0.25) is 4.98 Å². The molecule has 18 heavy (non-hydrogen) atoms. The summed E-state index contributed by atoms with van der Waals surface area (Å²) in [7, 11) is 1.62. The van der Waals surface area contributed by atoms with Crippen molar-refractivity contribution in [2.45, 2.75) is 13.0 Å². The first-order valence-corrected chi connectivity index (χ1v) is 5.62. The molecule has 0 fully saturated rings. The maximum Gasteiger partial charge on any atom is 0.141 e. The number of ether oxygens (including phenoxy) is 1. The minimum atomic E-state index is -0.390. The Kier molecular flexibility index (Phi) is 3.58. The highest BCUT2D eigenvalue weighted by atomic mass is 19.1. The van der Waals surface area contributed by atoms with E-state index in [-0.39, 0.29) is 11.9 Å². The predicted octanol–water partition coefficient (Wildman–Crippen LogP) is 2.59. The van der Waals surface area contributed by atoms with Gasteiger partial charge in [0.1, 0.15) is 11.6 Å². The Hall–Kier alpha value is -1.94. The highest BCUT2D eigenvalue weighted by molar-refractivity contribution is 5.40. The van der Waals surface area contributed by atoms with E-state index < -0.39 is 0 Å². The van der Waals surface area contributed by atoms with E-state index in [1.807, 2.05) is 25.1 Å². The van der Waals surface area contributed by atoms with Gasteiger partial charge in [0, 0.05) is 6.20 Å². The molecule has 0 aliphatic carbocycles. The first kappa shape index (κ1) is 12.5. The van der Waals surface area contributed by atoms with Crippen LogP contribution in [0.5, 0.6) is 5.75 Å². The molecule has 1 heterocycles. The monoisotopic (exact) mass is 246 g/mol. The zero-order valence-corrected chi connectivity index (χ0v) is 10.4. The van der Waals surface area contributed by atoms with Crippen LogP contribution in [0.2, 0.25) is 0 Å². The predicted molar refractivity (Wildman–Crippen MR) is 68.0 cm³/mol. The molecule has 1 unspecified atom stereocenters. The van der Waals surface area contributed by atoms with Crippen molar-refractivity contribution in [2.24, 2.45) is 5.73 Å². The summed E-state index contributed by atoms with van der Waals surface area (Å²) in [6.45, 7) is 1.95. The average Bonchev–Trinajstić information content (AvgIpc) is 2.37. The summed E-state index contributed by atoms with van der Waals surface area (Å²) in [5.74, 6) is 0.398. The molecule has 0 amide bonds. The van der Waals surface area contributed by atoms with E-state index in [9.17, 15) is 4.39 Å². The number of aromatic nitrogens is 1. The van der Waals surface area contributed by atoms with E-state index in [0.717, 1.165) is 23.1 Å². The Morgan fingerprint density at radius 2 is 2.06 bits per heavy atom. The van der Waals surface area contributed by atoms with Crippen LogP contribution in [0.25, 0.3) is 0 Å². The number of hydrogen-bond acceptors (Lipinski definition) is 3. The van der Waals surface area contributed by atoms with Crippen molar-refractivity contribution in [3.63, 3.8) is 0 Å². The largest absolute Gasteiger partial charge is 0.497 e. The number of halogens is 1. The van der Waals surface area contributed by atoms with Crippen molar-refractivity contribution in [3.05, 3.63) is 59.2 Å². The molecule has 0 aliphatic rings. The first-order valence-electron chi connectivity index (χ1n) is 5.62. The standard InChI is InChI=1S/C14H15FN2O/c1-9-5-12(18-2)3-4-13(9)14(16)10-6-11(15)8-17-7-10/h3-8,14H,16H2,1-2H3. The van der Waals surface area contributed by atoms with Crippen molar-refractivity contribution in [2.75, 3.05) is 7.11 Å². The van der Waals surface area contributed by atoms with Crippen LogP contribution < -0.4 is 10.5 Å². The van der Waals surface area contributed by atoms with Gasteiger partial charge < -0.3 is 10.5 Å². The number of methoxy groups -OCH3 is 1. The van der Waals surface area contributed by atoms with Gasteiger partial charge in [0.15, 0.2) is 0 Å². The Labute approximate surface area is 105 Å². The molecule has 2 aromatic rings. The zero-order valence-electron chi connectivity index (χ0n) is 10.4. The van der Waals surface area contributed by atoms with Gasteiger partial charge in [-0.1, -0.05) is 6.07 Å². The Morgan fingerprint density at radius 3 is 2.67 bits per heavy atom. The van der Waals surface area contributed by atoms with E-state index >= 15 is 0 Å². The van der Waals surface area contributed by atoms with Crippen LogP contribution in [-0.2, 0) is 0 Å². The smallest absolute Gasteiger partial charge is 0.141 e. The van der Waals surface area contributed by atoms with Crippen LogP contribution in [0.3, 0.4) is 0 Å². The third kappa shape index (κ3) is 2.49. The van der Waals surface area contributed by atoms with Crippen molar-refractivity contribution < 1.29 is 9.13 Å². The second-order valence-corrected chi connectivity index (χ2v) is 4.14. The first-order chi connectivity index (χ1) is 8.61. The molecule has 1 atom stereocenters. The Morgan fingerprint density at radius 1 is 1.28 bits per heavy atom. The van der Waals surface area contributed by atoms with Crippen LogP contribution >= 0.6 is 0 Å². The maximum absolute atomic E-state index is 13.1. The number of rotatable bonds is 3. The third-order valence-corrected chi connectivity index (χ3v) is 2.90. The van der Waals surface area contributed by atoms with Gasteiger partial charge in [-0.15, -0.1) is 0 Å². The third-order valence-electron chi connectivity index (χ3n) is 2.90. The lowest BCUT2D eigenvalue weighted by atomic mass is 9.96. The van der Waals surface area contributed by atoms with Crippen molar-refractivity contribution in [1.29, 1.82) is 0 Å². The van der Waals surface area contributed by atoms with Gasteiger partial charge in [0.25, 0.3) is 0 Å². The molecular weight excluding hydrogens is 231 g/mol. The maximum atomic E-state index is 13.1. The minimum absolute atomic E-state index is 0.380. The summed E-state index contributed by atoms with van der Waals surface area (Å²) in [4.78, 5) is 3.81. The normalized spacial score (nSPS) is 12.2. The van der Waals surface area contributed by atoms with Crippen LogP contribution in [0, 0.1) is 12.7 Å². The molecule has 0 bridgehead atoms. The highest BCUT2D eigenvalue weighted by Crippen LogP contribution is 2.25. The van der Waals surface area contributed by atoms with Crippen LogP contribution in [0.4, 0.5) is 4.39 Å². The highest BCUT2D eigenvalue weighted by Gasteiger charge is 2.13. The summed E-state index contributed by atoms with van der Waals surface area (Å²) < 4.78 is 18.3. The molecule has 0 saturated carbocycles.